The fraction of sp³-hybridized carbons (Fsp3) is 0.286. The van der Waals surface area contributed by atoms with Crippen molar-refractivity contribution in [2.75, 3.05) is 0 Å². The second-order valence-corrected chi connectivity index (χ2v) is 5.06. The summed E-state index contributed by atoms with van der Waals surface area (Å²) in [5.74, 6) is -0.232. The molecule has 1 aromatic rings. The fourth-order valence-corrected chi connectivity index (χ4v) is 2.37. The average Bonchev–Trinajstić information content (AvgIpc) is 3.25. The Balaban J connectivity index is 1.95. The second kappa shape index (κ2) is 4.56. The topological polar surface area (TPSA) is 89.3 Å². The molecule has 2 aliphatic rings. The van der Waals surface area contributed by atoms with Crippen LogP contribution in [0.3, 0.4) is 0 Å². The van der Waals surface area contributed by atoms with E-state index in [9.17, 15) is 19.7 Å². The Morgan fingerprint density at radius 3 is 2.65 bits per heavy atom. The van der Waals surface area contributed by atoms with E-state index < -0.39 is 11.0 Å². The van der Waals surface area contributed by atoms with Crippen molar-refractivity contribution in [3.63, 3.8) is 0 Å². The van der Waals surface area contributed by atoms with Gasteiger partial charge in [0.15, 0.2) is 5.78 Å². The van der Waals surface area contributed by atoms with E-state index >= 15 is 0 Å². The monoisotopic (exact) mass is 272 g/mol. The lowest BCUT2D eigenvalue weighted by Crippen LogP contribution is -2.45. The molecule has 6 nitrogen and oxygen atoms in total. The largest absolute Gasteiger partial charge is 0.342 e. The summed E-state index contributed by atoms with van der Waals surface area (Å²) in [5, 5.41) is 13.4. The van der Waals surface area contributed by atoms with Gasteiger partial charge in [0.05, 0.1) is 16.5 Å². The van der Waals surface area contributed by atoms with Crippen LogP contribution in [0.1, 0.15) is 18.4 Å². The molecule has 3 rings (SSSR count). The van der Waals surface area contributed by atoms with Gasteiger partial charge in [-0.1, -0.05) is 12.1 Å². The Labute approximate surface area is 114 Å². The third kappa shape index (κ3) is 2.20. The molecule has 1 saturated carbocycles. The van der Waals surface area contributed by atoms with Gasteiger partial charge in [0, 0.05) is 12.1 Å². The highest BCUT2D eigenvalue weighted by Gasteiger charge is 2.39. The van der Waals surface area contributed by atoms with Gasteiger partial charge in [0.25, 0.3) is 11.6 Å². The minimum atomic E-state index is -0.528. The van der Waals surface area contributed by atoms with Crippen molar-refractivity contribution >= 4 is 23.0 Å². The average molecular weight is 272 g/mol. The highest BCUT2D eigenvalue weighted by atomic mass is 16.6. The number of rotatable bonds is 3. The number of nitro groups is 1. The molecule has 1 aliphatic carbocycles. The lowest BCUT2D eigenvalue weighted by Gasteiger charge is -2.21. The van der Waals surface area contributed by atoms with Gasteiger partial charge in [-0.2, -0.15) is 0 Å². The van der Waals surface area contributed by atoms with Crippen molar-refractivity contribution in [2.45, 2.75) is 18.9 Å². The van der Waals surface area contributed by atoms with E-state index in [0.717, 1.165) is 12.8 Å². The van der Waals surface area contributed by atoms with Gasteiger partial charge in [-0.3, -0.25) is 19.7 Å². The van der Waals surface area contributed by atoms with Gasteiger partial charge in [-0.25, -0.2) is 0 Å². The molecule has 0 aromatic heterocycles. The summed E-state index contributed by atoms with van der Waals surface area (Å²) >= 11 is 0. The van der Waals surface area contributed by atoms with E-state index in [-0.39, 0.29) is 28.9 Å². The number of hydrogen-bond donors (Lipinski definition) is 1. The molecule has 0 spiro atoms. The van der Waals surface area contributed by atoms with E-state index in [4.69, 9.17) is 0 Å². The smallest absolute Gasteiger partial charge is 0.270 e. The van der Waals surface area contributed by atoms with Gasteiger partial charge in [-0.15, -0.1) is 0 Å². The fourth-order valence-electron chi connectivity index (χ4n) is 2.37. The number of amides is 1. The summed E-state index contributed by atoms with van der Waals surface area (Å²) in [6.45, 7) is 0. The summed E-state index contributed by atoms with van der Waals surface area (Å²) in [5.41, 5.74) is 0.475. The van der Waals surface area contributed by atoms with Crippen LogP contribution in [0.25, 0.3) is 5.57 Å². The van der Waals surface area contributed by atoms with E-state index in [1.165, 1.54) is 24.3 Å². The van der Waals surface area contributed by atoms with Gasteiger partial charge in [0.2, 0.25) is 0 Å². The lowest BCUT2D eigenvalue weighted by atomic mass is 9.95. The number of nitrogens with zero attached hydrogens (tertiary/aromatic N) is 1. The molecule has 20 heavy (non-hydrogen) atoms. The molecule has 102 valence electrons. The first kappa shape index (κ1) is 12.5. The normalized spacial score (nSPS) is 22.2. The Bertz CT molecular complexity index is 646. The van der Waals surface area contributed by atoms with Crippen LogP contribution in [0.4, 0.5) is 5.69 Å². The maximum atomic E-state index is 12.1. The first-order valence-electron chi connectivity index (χ1n) is 6.37. The van der Waals surface area contributed by atoms with Crippen molar-refractivity contribution in [2.24, 2.45) is 5.92 Å². The number of carbonyl (C=O) groups is 2. The standard InChI is InChI=1S/C14H12N2O4/c17-12-7-11(14(18)15-13(12)8-4-5-8)9-2-1-3-10(6-9)16(19)20/h1-3,6-8,13H,4-5H2,(H,15,18). The van der Waals surface area contributed by atoms with E-state index in [2.05, 4.69) is 5.32 Å². The van der Waals surface area contributed by atoms with Crippen LogP contribution in [0.2, 0.25) is 0 Å². The van der Waals surface area contributed by atoms with Crippen molar-refractivity contribution in [1.82, 2.24) is 5.32 Å². The van der Waals surface area contributed by atoms with Crippen molar-refractivity contribution in [1.29, 1.82) is 0 Å². The molecule has 1 amide bonds. The molecule has 1 N–H and O–H groups in total. The van der Waals surface area contributed by atoms with E-state index in [1.807, 2.05) is 0 Å². The molecule has 0 saturated heterocycles. The van der Waals surface area contributed by atoms with Gasteiger partial charge >= 0.3 is 0 Å². The molecule has 1 fully saturated rings. The van der Waals surface area contributed by atoms with Crippen LogP contribution < -0.4 is 5.32 Å². The van der Waals surface area contributed by atoms with Crippen molar-refractivity contribution in [3.8, 4) is 0 Å². The number of carbonyl (C=O) groups excluding carboxylic acids is 2. The van der Waals surface area contributed by atoms with Crippen LogP contribution >= 0.6 is 0 Å². The SMILES string of the molecule is O=C1NC(C2CC2)C(=O)C=C1c1cccc([N+](=O)[O-])c1. The predicted octanol–water partition coefficient (Wildman–Crippen LogP) is 1.46. The maximum absolute atomic E-state index is 12.1. The predicted molar refractivity (Wildman–Crippen MR) is 70.7 cm³/mol. The molecule has 1 atom stereocenters. The molecular formula is C14H12N2O4. The summed E-state index contributed by atoms with van der Waals surface area (Å²) < 4.78 is 0. The summed E-state index contributed by atoms with van der Waals surface area (Å²) in [6, 6.07) is 5.31. The zero-order chi connectivity index (χ0) is 14.3. The number of ketones is 1. The number of benzene rings is 1. The Morgan fingerprint density at radius 1 is 1.25 bits per heavy atom. The number of nitro benzene ring substituents is 1. The molecule has 1 aromatic carbocycles. The molecule has 1 heterocycles. The van der Waals surface area contributed by atoms with Crippen molar-refractivity contribution in [3.05, 3.63) is 46.0 Å². The van der Waals surface area contributed by atoms with Crippen LogP contribution in [0, 0.1) is 16.0 Å². The Hall–Kier alpha value is -2.50. The molecular weight excluding hydrogens is 260 g/mol. The molecule has 1 aliphatic heterocycles. The minimum absolute atomic E-state index is 0.104. The second-order valence-electron chi connectivity index (χ2n) is 5.06. The Kier molecular flexibility index (Phi) is 2.85. The van der Waals surface area contributed by atoms with Gasteiger partial charge < -0.3 is 5.32 Å². The van der Waals surface area contributed by atoms with Crippen LogP contribution in [-0.2, 0) is 9.59 Å². The maximum Gasteiger partial charge on any atom is 0.270 e. The third-order valence-corrected chi connectivity index (χ3v) is 3.59. The first-order valence-corrected chi connectivity index (χ1v) is 6.37. The molecule has 6 heteroatoms. The molecule has 0 bridgehead atoms. The molecule has 0 radical (unpaired) electrons. The minimum Gasteiger partial charge on any atom is -0.342 e. The Morgan fingerprint density at radius 2 is 2.00 bits per heavy atom. The van der Waals surface area contributed by atoms with Crippen LogP contribution in [-0.4, -0.2) is 22.7 Å². The third-order valence-electron chi connectivity index (χ3n) is 3.59. The quantitative estimate of drug-likeness (QED) is 0.666. The zero-order valence-corrected chi connectivity index (χ0v) is 10.5. The summed E-state index contributed by atoms with van der Waals surface area (Å²) in [7, 11) is 0. The van der Waals surface area contributed by atoms with Gasteiger partial charge in [0.1, 0.15) is 0 Å². The zero-order valence-electron chi connectivity index (χ0n) is 10.5. The van der Waals surface area contributed by atoms with E-state index in [0.29, 0.717) is 5.56 Å². The number of nitrogens with one attached hydrogen (secondary N) is 1. The summed E-state index contributed by atoms with van der Waals surface area (Å²) in [6.07, 6.45) is 3.22. The van der Waals surface area contributed by atoms with Crippen LogP contribution in [0.15, 0.2) is 30.3 Å². The lowest BCUT2D eigenvalue weighted by molar-refractivity contribution is -0.384. The highest BCUT2D eigenvalue weighted by Crippen LogP contribution is 2.35. The number of hydrogen-bond acceptors (Lipinski definition) is 4. The first-order chi connectivity index (χ1) is 9.56. The van der Waals surface area contributed by atoms with E-state index in [1.54, 1.807) is 6.07 Å². The molecule has 1 unspecified atom stereocenters. The van der Waals surface area contributed by atoms with Crippen LogP contribution in [0.5, 0.6) is 0 Å². The summed E-state index contributed by atoms with van der Waals surface area (Å²) in [4.78, 5) is 34.3. The highest BCUT2D eigenvalue weighted by molar-refractivity contribution is 6.28. The van der Waals surface area contributed by atoms with Crippen molar-refractivity contribution < 1.29 is 14.5 Å². The van der Waals surface area contributed by atoms with Gasteiger partial charge in [-0.05, 0) is 30.4 Å². The number of non-ortho nitro benzene ring substituents is 1.